The van der Waals surface area contributed by atoms with Gasteiger partial charge in [0.2, 0.25) is 0 Å². The molecule has 0 aliphatic carbocycles. The van der Waals surface area contributed by atoms with Crippen LogP contribution in [0.25, 0.3) is 21.5 Å². The van der Waals surface area contributed by atoms with Gasteiger partial charge in [-0.1, -0.05) is 91.0 Å². The van der Waals surface area contributed by atoms with Crippen LogP contribution in [0, 0.1) is 6.92 Å². The third-order valence-electron chi connectivity index (χ3n) is 6.53. The van der Waals surface area contributed by atoms with Crippen LogP contribution in [-0.4, -0.2) is 0 Å². The maximum atomic E-state index is 6.69. The molecule has 1 heterocycles. The Bertz CT molecular complexity index is 1350. The summed E-state index contributed by atoms with van der Waals surface area (Å²) < 4.78 is 0. The van der Waals surface area contributed by atoms with E-state index in [0.717, 1.165) is 12.1 Å². The summed E-state index contributed by atoms with van der Waals surface area (Å²) in [4.78, 5) is 6.69. The van der Waals surface area contributed by atoms with Crippen LogP contribution < -0.4 is 5.06 Å². The lowest BCUT2D eigenvalue weighted by Gasteiger charge is -2.27. The third kappa shape index (κ3) is 3.24. The number of aryl methyl sites for hydroxylation is 1. The van der Waals surface area contributed by atoms with Crippen molar-refractivity contribution in [3.8, 4) is 0 Å². The maximum Gasteiger partial charge on any atom is 0.113 e. The number of rotatable bonds is 3. The molecule has 2 heteroatoms. The van der Waals surface area contributed by atoms with E-state index in [1.54, 1.807) is 0 Å². The highest BCUT2D eigenvalue weighted by Gasteiger charge is 2.37. The Morgan fingerprint density at radius 3 is 2.03 bits per heavy atom. The topological polar surface area (TPSA) is 12.5 Å². The second-order valence-corrected chi connectivity index (χ2v) is 8.65. The van der Waals surface area contributed by atoms with Crippen LogP contribution in [0.1, 0.15) is 35.3 Å². The zero-order chi connectivity index (χ0) is 21.5. The lowest BCUT2D eigenvalue weighted by atomic mass is 9.89. The number of hydroxylamine groups is 1. The van der Waals surface area contributed by atoms with E-state index in [2.05, 4.69) is 121 Å². The zero-order valence-electron chi connectivity index (χ0n) is 18.1. The summed E-state index contributed by atoms with van der Waals surface area (Å²) in [5.41, 5.74) is 4.90. The first-order chi connectivity index (χ1) is 15.8. The minimum atomic E-state index is 0.0134. The predicted molar refractivity (Wildman–Crippen MR) is 133 cm³/mol. The van der Waals surface area contributed by atoms with E-state index < -0.39 is 0 Å². The molecule has 0 aromatic heterocycles. The van der Waals surface area contributed by atoms with Gasteiger partial charge in [0.1, 0.15) is 6.10 Å². The smallest absolute Gasteiger partial charge is 0.113 e. The van der Waals surface area contributed by atoms with Crippen molar-refractivity contribution in [3.63, 3.8) is 0 Å². The van der Waals surface area contributed by atoms with Gasteiger partial charge in [-0.05, 0) is 63.4 Å². The first-order valence-corrected chi connectivity index (χ1v) is 11.3. The molecule has 2 atom stereocenters. The number of nitrogens with zero attached hydrogens (tertiary/aromatic N) is 1. The molecule has 2 unspecified atom stereocenters. The van der Waals surface area contributed by atoms with Crippen LogP contribution in [0.5, 0.6) is 0 Å². The van der Waals surface area contributed by atoms with Gasteiger partial charge in [-0.2, -0.15) is 0 Å². The van der Waals surface area contributed by atoms with E-state index in [4.69, 9.17) is 4.84 Å². The fourth-order valence-corrected chi connectivity index (χ4v) is 5.07. The lowest BCUT2D eigenvalue weighted by Crippen LogP contribution is -2.22. The highest BCUT2D eigenvalue weighted by molar-refractivity contribution is 6.03. The van der Waals surface area contributed by atoms with Crippen LogP contribution in [-0.2, 0) is 4.84 Å². The Morgan fingerprint density at radius 1 is 0.688 bits per heavy atom. The molecule has 1 aliphatic heterocycles. The number of fused-ring (bicyclic) bond motifs is 2. The largest absolute Gasteiger partial charge is 0.265 e. The van der Waals surface area contributed by atoms with Gasteiger partial charge in [-0.15, -0.1) is 0 Å². The van der Waals surface area contributed by atoms with Gasteiger partial charge >= 0.3 is 0 Å². The number of anilines is 1. The molecule has 5 aromatic rings. The molecule has 6 rings (SSSR count). The van der Waals surface area contributed by atoms with Gasteiger partial charge in [0, 0.05) is 6.42 Å². The highest BCUT2D eigenvalue weighted by Crippen LogP contribution is 2.48. The molecule has 1 aliphatic rings. The van der Waals surface area contributed by atoms with E-state index in [1.807, 2.05) is 0 Å². The zero-order valence-corrected chi connectivity index (χ0v) is 18.1. The van der Waals surface area contributed by atoms with Crippen LogP contribution in [0.15, 0.2) is 109 Å². The molecule has 156 valence electrons. The van der Waals surface area contributed by atoms with Crippen molar-refractivity contribution in [1.29, 1.82) is 0 Å². The van der Waals surface area contributed by atoms with Gasteiger partial charge in [0.05, 0.1) is 11.7 Å². The molecular weight excluding hydrogens is 390 g/mol. The molecule has 0 bridgehead atoms. The Hall–Kier alpha value is -3.62. The molecule has 0 spiro atoms. The third-order valence-corrected chi connectivity index (χ3v) is 6.53. The molecule has 2 nitrogen and oxygen atoms in total. The van der Waals surface area contributed by atoms with Crippen LogP contribution in [0.3, 0.4) is 0 Å². The second-order valence-electron chi connectivity index (χ2n) is 8.65. The lowest BCUT2D eigenvalue weighted by molar-refractivity contribution is 0.0837. The van der Waals surface area contributed by atoms with Crippen LogP contribution in [0.4, 0.5) is 5.69 Å². The standard InChI is InChI=1S/C30H25NO/c1-21-10-9-15-25(18-21)31-28(20-29(32-31)22-11-3-2-4-12-22)30-26-16-7-5-13-23(26)19-24-14-6-8-17-27(24)30/h2-19,28-29H,20H2,1H3. The van der Waals surface area contributed by atoms with Gasteiger partial charge in [-0.3, -0.25) is 4.84 Å². The summed E-state index contributed by atoms with van der Waals surface area (Å²) in [5, 5.41) is 7.29. The number of hydrogen-bond acceptors (Lipinski definition) is 2. The summed E-state index contributed by atoms with van der Waals surface area (Å²) in [6.07, 6.45) is 0.912. The molecular formula is C30H25NO. The predicted octanol–water partition coefficient (Wildman–Crippen LogP) is 7.93. The van der Waals surface area contributed by atoms with E-state index in [1.165, 1.54) is 38.2 Å². The summed E-state index contributed by atoms with van der Waals surface area (Å²) in [7, 11) is 0. The van der Waals surface area contributed by atoms with Crippen molar-refractivity contribution < 1.29 is 4.84 Å². The molecule has 0 saturated carbocycles. The van der Waals surface area contributed by atoms with Gasteiger partial charge < -0.3 is 0 Å². The van der Waals surface area contributed by atoms with Gasteiger partial charge in [0.25, 0.3) is 0 Å². The quantitative estimate of drug-likeness (QED) is 0.277. The minimum absolute atomic E-state index is 0.0134. The highest BCUT2D eigenvalue weighted by atomic mass is 16.7. The first kappa shape index (κ1) is 19.1. The van der Waals surface area contributed by atoms with Gasteiger partial charge in [0.15, 0.2) is 0 Å². The molecule has 5 aromatic carbocycles. The van der Waals surface area contributed by atoms with Crippen molar-refractivity contribution in [2.24, 2.45) is 0 Å². The molecule has 0 N–H and O–H groups in total. The Balaban J connectivity index is 1.58. The summed E-state index contributed by atoms with van der Waals surface area (Å²) in [6, 6.07) is 39.1. The average Bonchev–Trinajstić information content (AvgIpc) is 3.28. The van der Waals surface area contributed by atoms with Crippen molar-refractivity contribution in [1.82, 2.24) is 0 Å². The summed E-state index contributed by atoms with van der Waals surface area (Å²) in [6.45, 7) is 2.14. The normalized spacial score (nSPS) is 18.5. The van der Waals surface area contributed by atoms with Crippen LogP contribution >= 0.6 is 0 Å². The fraction of sp³-hybridized carbons (Fsp3) is 0.133. The second kappa shape index (κ2) is 7.81. The van der Waals surface area contributed by atoms with E-state index in [9.17, 15) is 0 Å². The number of hydrogen-bond donors (Lipinski definition) is 0. The van der Waals surface area contributed by atoms with Crippen LogP contribution in [0.2, 0.25) is 0 Å². The SMILES string of the molecule is Cc1cccc(N2OC(c3ccccc3)CC2c2c3ccccc3cc3ccccc23)c1. The van der Waals surface area contributed by atoms with Crippen molar-refractivity contribution in [3.05, 3.63) is 126 Å². The van der Waals surface area contributed by atoms with E-state index >= 15 is 0 Å². The minimum Gasteiger partial charge on any atom is -0.265 e. The summed E-state index contributed by atoms with van der Waals surface area (Å²) in [5.74, 6) is 0. The molecule has 32 heavy (non-hydrogen) atoms. The summed E-state index contributed by atoms with van der Waals surface area (Å²) >= 11 is 0. The van der Waals surface area contributed by atoms with Crippen molar-refractivity contribution in [2.75, 3.05) is 5.06 Å². The monoisotopic (exact) mass is 415 g/mol. The maximum absolute atomic E-state index is 6.69. The Kier molecular flexibility index (Phi) is 4.66. The van der Waals surface area contributed by atoms with Crippen molar-refractivity contribution >= 4 is 27.2 Å². The Morgan fingerprint density at radius 2 is 1.34 bits per heavy atom. The van der Waals surface area contributed by atoms with Crippen molar-refractivity contribution in [2.45, 2.75) is 25.5 Å². The molecule has 0 radical (unpaired) electrons. The van der Waals surface area contributed by atoms with E-state index in [0.29, 0.717) is 0 Å². The first-order valence-electron chi connectivity index (χ1n) is 11.3. The van der Waals surface area contributed by atoms with E-state index in [-0.39, 0.29) is 12.1 Å². The number of benzene rings is 5. The molecule has 1 saturated heterocycles. The molecule has 1 fully saturated rings. The molecule has 0 amide bonds. The fourth-order valence-electron chi connectivity index (χ4n) is 5.07. The average molecular weight is 416 g/mol. The Labute approximate surface area is 188 Å². The van der Waals surface area contributed by atoms with Gasteiger partial charge in [-0.25, -0.2) is 5.06 Å².